The van der Waals surface area contributed by atoms with Crippen LogP contribution in [0.2, 0.25) is 0 Å². The molecule has 0 saturated heterocycles. The second kappa shape index (κ2) is 8.34. The first-order valence-electron chi connectivity index (χ1n) is 8.40. The molecule has 3 rings (SSSR count). The molecule has 0 unspecified atom stereocenters. The molecule has 0 bridgehead atoms. The van der Waals surface area contributed by atoms with Gasteiger partial charge in [-0.3, -0.25) is 4.79 Å². The molecule has 0 spiro atoms. The summed E-state index contributed by atoms with van der Waals surface area (Å²) in [5.41, 5.74) is 1.95. The largest absolute Gasteiger partial charge is 0.345 e. The van der Waals surface area contributed by atoms with Crippen molar-refractivity contribution in [3.8, 4) is 0 Å². The van der Waals surface area contributed by atoms with Gasteiger partial charge in [0, 0.05) is 30.7 Å². The van der Waals surface area contributed by atoms with Crippen LogP contribution in [-0.2, 0) is 6.54 Å². The van der Waals surface area contributed by atoms with Gasteiger partial charge >= 0.3 is 6.03 Å². The number of benzene rings is 2. The lowest BCUT2D eigenvalue weighted by Gasteiger charge is -2.10. The average molecular weight is 449 g/mol. The van der Waals surface area contributed by atoms with Crippen molar-refractivity contribution in [2.24, 2.45) is 0 Å². The molecule has 2 N–H and O–H groups in total. The van der Waals surface area contributed by atoms with Gasteiger partial charge in [0.25, 0.3) is 5.91 Å². The minimum atomic E-state index is -0.533. The van der Waals surface area contributed by atoms with E-state index in [0.29, 0.717) is 22.1 Å². The molecule has 1 heterocycles. The van der Waals surface area contributed by atoms with Crippen LogP contribution in [0.25, 0.3) is 11.0 Å². The summed E-state index contributed by atoms with van der Waals surface area (Å²) >= 11 is 3.16. The molecule has 8 nitrogen and oxygen atoms in total. The molecule has 0 fully saturated rings. The fourth-order valence-corrected chi connectivity index (χ4v) is 2.89. The van der Waals surface area contributed by atoms with E-state index in [9.17, 15) is 14.0 Å². The molecular weight excluding hydrogens is 431 g/mol. The lowest BCUT2D eigenvalue weighted by Crippen LogP contribution is -2.32. The Labute approximate surface area is 168 Å². The molecule has 0 saturated carbocycles. The number of rotatable bonds is 5. The molecule has 28 heavy (non-hydrogen) atoms. The lowest BCUT2D eigenvalue weighted by molar-refractivity contribution is 0.0827. The highest BCUT2D eigenvalue weighted by Crippen LogP contribution is 2.19. The van der Waals surface area contributed by atoms with Crippen molar-refractivity contribution in [2.45, 2.75) is 6.54 Å². The smallest absolute Gasteiger partial charge is 0.319 e. The van der Waals surface area contributed by atoms with Crippen molar-refractivity contribution >= 4 is 44.6 Å². The molecule has 0 atom stereocenters. The highest BCUT2D eigenvalue weighted by Gasteiger charge is 2.12. The van der Waals surface area contributed by atoms with Crippen LogP contribution in [0.1, 0.15) is 10.4 Å². The third-order valence-corrected chi connectivity index (χ3v) is 4.45. The maximum atomic E-state index is 13.7. The highest BCUT2D eigenvalue weighted by molar-refractivity contribution is 9.10. The van der Waals surface area contributed by atoms with Crippen LogP contribution in [0.15, 0.2) is 40.9 Å². The Balaban J connectivity index is 1.59. The summed E-state index contributed by atoms with van der Waals surface area (Å²) in [4.78, 5) is 25.4. The van der Waals surface area contributed by atoms with E-state index in [1.807, 2.05) is 0 Å². The Hall–Kier alpha value is -3.01. The van der Waals surface area contributed by atoms with E-state index in [1.54, 1.807) is 43.0 Å². The fraction of sp³-hybridized carbons (Fsp3) is 0.222. The Morgan fingerprint density at radius 2 is 2.00 bits per heavy atom. The number of hydrogen-bond donors (Lipinski definition) is 2. The summed E-state index contributed by atoms with van der Waals surface area (Å²) in [6.07, 6.45) is 0. The summed E-state index contributed by atoms with van der Waals surface area (Å²) < 4.78 is 16.0. The van der Waals surface area contributed by atoms with Gasteiger partial charge in [0.05, 0.1) is 17.7 Å². The zero-order chi connectivity index (χ0) is 20.3. The molecule has 0 aliphatic heterocycles. The van der Waals surface area contributed by atoms with E-state index in [0.717, 1.165) is 5.52 Å². The van der Waals surface area contributed by atoms with Crippen molar-refractivity contribution in [2.75, 3.05) is 26.0 Å². The number of aromatic nitrogens is 3. The first-order valence-corrected chi connectivity index (χ1v) is 9.19. The quantitative estimate of drug-likeness (QED) is 0.627. The van der Waals surface area contributed by atoms with Crippen molar-refractivity contribution in [3.63, 3.8) is 0 Å². The van der Waals surface area contributed by atoms with Gasteiger partial charge in [-0.1, -0.05) is 21.1 Å². The summed E-state index contributed by atoms with van der Waals surface area (Å²) in [6, 6.07) is 9.00. The normalized spacial score (nSPS) is 10.7. The van der Waals surface area contributed by atoms with E-state index in [-0.39, 0.29) is 18.1 Å². The molecule has 3 amide bonds. The molecule has 0 aliphatic rings. The van der Waals surface area contributed by atoms with Gasteiger partial charge in [0.1, 0.15) is 11.3 Å². The maximum Gasteiger partial charge on any atom is 0.319 e. The van der Waals surface area contributed by atoms with Gasteiger partial charge in [-0.05, 0) is 36.4 Å². The van der Waals surface area contributed by atoms with E-state index >= 15 is 0 Å². The van der Waals surface area contributed by atoms with Crippen molar-refractivity contribution in [1.82, 2.24) is 25.2 Å². The minimum Gasteiger partial charge on any atom is -0.345 e. The number of fused-ring (bicyclic) bond motifs is 1. The number of carbonyl (C=O) groups excluding carboxylic acids is 2. The number of hydrogen-bond acceptors (Lipinski definition) is 4. The van der Waals surface area contributed by atoms with Crippen molar-refractivity contribution in [1.29, 1.82) is 0 Å². The molecule has 1 aromatic heterocycles. The van der Waals surface area contributed by atoms with Crippen LogP contribution < -0.4 is 10.6 Å². The molecule has 3 aromatic rings. The van der Waals surface area contributed by atoms with Crippen LogP contribution in [0, 0.1) is 5.82 Å². The summed E-state index contributed by atoms with van der Waals surface area (Å²) in [5, 5.41) is 13.2. The van der Waals surface area contributed by atoms with Gasteiger partial charge in [0.2, 0.25) is 0 Å². The number of halogens is 2. The molecule has 0 radical (unpaired) electrons. The number of nitrogens with one attached hydrogen (secondary N) is 2. The summed E-state index contributed by atoms with van der Waals surface area (Å²) in [7, 11) is 3.36. The summed E-state index contributed by atoms with van der Waals surface area (Å²) in [6.45, 7) is 0.633. The van der Waals surface area contributed by atoms with E-state index in [1.165, 1.54) is 17.0 Å². The standard InChI is InChI=1S/C18H18BrFN6O2/c1-25(2)17(27)11-3-6-16-15(9-11)23-24-26(16)8-7-21-18(28)22-14-5-4-12(19)10-13(14)20/h3-6,9-10H,7-8H2,1-2H3,(H2,21,22,28). The van der Waals surface area contributed by atoms with Gasteiger partial charge < -0.3 is 15.5 Å². The Morgan fingerprint density at radius 1 is 1.21 bits per heavy atom. The Morgan fingerprint density at radius 3 is 2.71 bits per heavy atom. The predicted octanol–water partition coefficient (Wildman–Crippen LogP) is 2.86. The Bertz CT molecular complexity index is 1040. The maximum absolute atomic E-state index is 13.7. The Kier molecular flexibility index (Phi) is 5.88. The number of amides is 3. The van der Waals surface area contributed by atoms with Crippen LogP contribution in [0.4, 0.5) is 14.9 Å². The molecule has 10 heteroatoms. The predicted molar refractivity (Wildman–Crippen MR) is 107 cm³/mol. The van der Waals surface area contributed by atoms with E-state index in [4.69, 9.17) is 0 Å². The SMILES string of the molecule is CN(C)C(=O)c1ccc2c(c1)nnn2CCNC(=O)Nc1ccc(Br)cc1F. The van der Waals surface area contributed by atoms with Crippen LogP contribution in [0.3, 0.4) is 0 Å². The van der Waals surface area contributed by atoms with Gasteiger partial charge in [-0.15, -0.1) is 5.10 Å². The zero-order valence-electron chi connectivity index (χ0n) is 15.2. The third-order valence-electron chi connectivity index (χ3n) is 3.96. The van der Waals surface area contributed by atoms with Crippen LogP contribution in [-0.4, -0.2) is 52.5 Å². The zero-order valence-corrected chi connectivity index (χ0v) is 16.8. The topological polar surface area (TPSA) is 92.2 Å². The van der Waals surface area contributed by atoms with Crippen LogP contribution >= 0.6 is 15.9 Å². The minimum absolute atomic E-state index is 0.0880. The van der Waals surface area contributed by atoms with E-state index < -0.39 is 11.8 Å². The van der Waals surface area contributed by atoms with Gasteiger partial charge in [-0.2, -0.15) is 0 Å². The van der Waals surface area contributed by atoms with Gasteiger partial charge in [0.15, 0.2) is 0 Å². The monoisotopic (exact) mass is 448 g/mol. The first kappa shape index (κ1) is 19.7. The third kappa shape index (κ3) is 4.45. The first-order chi connectivity index (χ1) is 13.3. The number of carbonyl (C=O) groups is 2. The number of nitrogens with zero attached hydrogens (tertiary/aromatic N) is 4. The number of anilines is 1. The number of urea groups is 1. The van der Waals surface area contributed by atoms with Crippen molar-refractivity contribution < 1.29 is 14.0 Å². The van der Waals surface area contributed by atoms with Gasteiger partial charge in [-0.25, -0.2) is 13.9 Å². The molecule has 0 aliphatic carbocycles. The highest BCUT2D eigenvalue weighted by atomic mass is 79.9. The second-order valence-electron chi connectivity index (χ2n) is 6.22. The van der Waals surface area contributed by atoms with E-state index in [2.05, 4.69) is 36.9 Å². The van der Waals surface area contributed by atoms with Crippen molar-refractivity contribution in [3.05, 3.63) is 52.3 Å². The summed E-state index contributed by atoms with van der Waals surface area (Å²) in [5.74, 6) is -0.648. The van der Waals surface area contributed by atoms with Crippen LogP contribution in [0.5, 0.6) is 0 Å². The molecule has 2 aromatic carbocycles. The second-order valence-corrected chi connectivity index (χ2v) is 7.14. The average Bonchev–Trinajstić information content (AvgIpc) is 3.05. The molecule has 146 valence electrons. The fourth-order valence-electron chi connectivity index (χ4n) is 2.56. The molecular formula is C18H18BrFN6O2. The lowest BCUT2D eigenvalue weighted by atomic mass is 10.2.